The summed E-state index contributed by atoms with van der Waals surface area (Å²) in [5, 5.41) is 0. The fraction of sp³-hybridized carbons (Fsp3) is 0.265. The van der Waals surface area contributed by atoms with Crippen molar-refractivity contribution in [2.24, 2.45) is 5.41 Å². The van der Waals surface area contributed by atoms with Crippen LogP contribution in [0.5, 0.6) is 11.5 Å². The Morgan fingerprint density at radius 1 is 0.789 bits per heavy atom. The number of benzene rings is 4. The van der Waals surface area contributed by atoms with Gasteiger partial charge in [-0.1, -0.05) is 78.9 Å². The maximum atomic E-state index is 13.2. The monoisotopic (exact) mass is 504 g/mol. The third kappa shape index (κ3) is 3.66. The highest BCUT2D eigenvalue weighted by atomic mass is 16.7. The molecule has 3 aliphatic rings. The smallest absolute Gasteiger partial charge is 0.316 e. The standard InChI is InChI=1S/C34H32O4/c1-33(2,3)32(35)38-27-18-19-28(37-21-36-4)31-30(27)29-23-14-8-10-16-25(23)34(31,20-22-12-6-5-7-13-22)26-17-11-9-15-24(26)29/h5-19,29H,20-21H2,1-4H3. The van der Waals surface area contributed by atoms with Gasteiger partial charge < -0.3 is 14.2 Å². The SMILES string of the molecule is COCOc1ccc(OC(=O)C(C)(C)C)c2c1C1(Cc3ccccc3)c3ccccc3C2c2ccccc21. The van der Waals surface area contributed by atoms with Crippen molar-refractivity contribution in [2.75, 3.05) is 13.9 Å². The maximum absolute atomic E-state index is 13.2. The van der Waals surface area contributed by atoms with Gasteiger partial charge >= 0.3 is 5.97 Å². The molecule has 3 aliphatic carbocycles. The molecule has 0 unspecified atom stereocenters. The molecular formula is C34H32O4. The number of carbonyl (C=O) groups excluding carboxylic acids is 1. The van der Waals surface area contributed by atoms with Crippen LogP contribution in [-0.4, -0.2) is 19.9 Å². The van der Waals surface area contributed by atoms with E-state index in [1.807, 2.05) is 39.0 Å². The van der Waals surface area contributed by atoms with Crippen molar-refractivity contribution in [3.05, 3.63) is 130 Å². The van der Waals surface area contributed by atoms with Gasteiger partial charge in [0.05, 0.1) is 10.8 Å². The second kappa shape index (κ2) is 9.14. The fourth-order valence-electron chi connectivity index (χ4n) is 6.24. The van der Waals surface area contributed by atoms with E-state index in [1.54, 1.807) is 7.11 Å². The second-order valence-corrected chi connectivity index (χ2v) is 11.2. The molecule has 192 valence electrons. The number of methoxy groups -OCH3 is 1. The van der Waals surface area contributed by atoms with Crippen molar-refractivity contribution in [1.29, 1.82) is 0 Å². The van der Waals surface area contributed by atoms with E-state index in [9.17, 15) is 4.79 Å². The van der Waals surface area contributed by atoms with Crippen LogP contribution in [0.1, 0.15) is 65.6 Å². The number of carbonyl (C=O) groups is 1. The Morgan fingerprint density at radius 2 is 1.37 bits per heavy atom. The average Bonchev–Trinajstić information content (AvgIpc) is 2.93. The minimum atomic E-state index is -0.636. The molecule has 4 heteroatoms. The predicted octanol–water partition coefficient (Wildman–Crippen LogP) is 7.00. The topological polar surface area (TPSA) is 44.8 Å². The summed E-state index contributed by atoms with van der Waals surface area (Å²) in [6.07, 6.45) is 0.738. The van der Waals surface area contributed by atoms with Crippen molar-refractivity contribution >= 4 is 5.97 Å². The van der Waals surface area contributed by atoms with Gasteiger partial charge in [-0.05, 0) is 67.1 Å². The van der Waals surface area contributed by atoms with Gasteiger partial charge in [-0.2, -0.15) is 0 Å². The molecule has 0 saturated carbocycles. The summed E-state index contributed by atoms with van der Waals surface area (Å²) in [5.41, 5.74) is 7.12. The van der Waals surface area contributed by atoms with Crippen LogP contribution in [0.4, 0.5) is 0 Å². The largest absolute Gasteiger partial charge is 0.467 e. The molecule has 4 aromatic rings. The van der Waals surface area contributed by atoms with Gasteiger partial charge in [0.1, 0.15) is 11.5 Å². The molecular weight excluding hydrogens is 472 g/mol. The van der Waals surface area contributed by atoms with Crippen molar-refractivity contribution in [2.45, 2.75) is 38.5 Å². The number of rotatable bonds is 6. The Bertz CT molecular complexity index is 1470. The van der Waals surface area contributed by atoms with Crippen LogP contribution in [0.25, 0.3) is 0 Å². The van der Waals surface area contributed by atoms with Crippen LogP contribution >= 0.6 is 0 Å². The van der Waals surface area contributed by atoms with E-state index in [0.29, 0.717) is 5.75 Å². The highest BCUT2D eigenvalue weighted by Crippen LogP contribution is 2.64. The van der Waals surface area contributed by atoms with E-state index in [4.69, 9.17) is 14.2 Å². The Labute approximate surface area is 224 Å². The molecule has 0 atom stereocenters. The Kier molecular flexibility index (Phi) is 5.88. The third-order valence-electron chi connectivity index (χ3n) is 7.81. The lowest BCUT2D eigenvalue weighted by molar-refractivity contribution is -0.143. The van der Waals surface area contributed by atoms with Crippen molar-refractivity contribution in [3.63, 3.8) is 0 Å². The quantitative estimate of drug-likeness (QED) is 0.161. The van der Waals surface area contributed by atoms with Crippen molar-refractivity contribution in [3.8, 4) is 11.5 Å². The average molecular weight is 505 g/mol. The lowest BCUT2D eigenvalue weighted by atomic mass is 9.51. The maximum Gasteiger partial charge on any atom is 0.316 e. The highest BCUT2D eigenvalue weighted by molar-refractivity contribution is 5.81. The lowest BCUT2D eigenvalue weighted by Crippen LogP contribution is -2.44. The van der Waals surface area contributed by atoms with E-state index in [2.05, 4.69) is 72.8 Å². The zero-order valence-electron chi connectivity index (χ0n) is 22.3. The first-order valence-electron chi connectivity index (χ1n) is 13.1. The third-order valence-corrected chi connectivity index (χ3v) is 7.81. The van der Waals surface area contributed by atoms with Gasteiger partial charge in [0, 0.05) is 24.2 Å². The molecule has 0 spiro atoms. The van der Waals surface area contributed by atoms with Crippen LogP contribution < -0.4 is 9.47 Å². The molecule has 4 aromatic carbocycles. The summed E-state index contributed by atoms with van der Waals surface area (Å²) in [7, 11) is 1.63. The molecule has 0 radical (unpaired) electrons. The molecule has 2 bridgehead atoms. The summed E-state index contributed by atoms with van der Waals surface area (Å²) < 4.78 is 17.8. The first kappa shape index (κ1) is 24.4. The van der Waals surface area contributed by atoms with Gasteiger partial charge in [0.2, 0.25) is 0 Å². The van der Waals surface area contributed by atoms with E-state index in [-0.39, 0.29) is 18.7 Å². The predicted molar refractivity (Wildman–Crippen MR) is 148 cm³/mol. The zero-order valence-corrected chi connectivity index (χ0v) is 22.3. The van der Waals surface area contributed by atoms with E-state index >= 15 is 0 Å². The van der Waals surface area contributed by atoms with Crippen molar-refractivity contribution in [1.82, 2.24) is 0 Å². The van der Waals surface area contributed by atoms with Gasteiger partial charge in [-0.3, -0.25) is 4.79 Å². The second-order valence-electron chi connectivity index (χ2n) is 11.2. The number of ether oxygens (including phenoxy) is 3. The van der Waals surface area contributed by atoms with E-state index in [0.717, 1.165) is 23.3 Å². The van der Waals surface area contributed by atoms with Gasteiger partial charge in [0.15, 0.2) is 6.79 Å². The van der Waals surface area contributed by atoms with Gasteiger partial charge in [0.25, 0.3) is 0 Å². The van der Waals surface area contributed by atoms with Crippen LogP contribution in [0, 0.1) is 5.41 Å². The molecule has 0 aromatic heterocycles. The van der Waals surface area contributed by atoms with Crippen LogP contribution in [-0.2, 0) is 21.4 Å². The van der Waals surface area contributed by atoms with E-state index in [1.165, 1.54) is 27.8 Å². The first-order valence-corrected chi connectivity index (χ1v) is 13.1. The minimum Gasteiger partial charge on any atom is -0.467 e. The summed E-state index contributed by atoms with van der Waals surface area (Å²) in [4.78, 5) is 13.2. The molecule has 0 amide bonds. The molecule has 7 rings (SSSR count). The first-order chi connectivity index (χ1) is 18.4. The van der Waals surface area contributed by atoms with Crippen LogP contribution in [0.15, 0.2) is 91.0 Å². The normalized spacial score (nSPS) is 18.8. The zero-order chi connectivity index (χ0) is 26.5. The number of hydrogen-bond donors (Lipinski definition) is 0. The van der Waals surface area contributed by atoms with Crippen LogP contribution in [0.3, 0.4) is 0 Å². The molecule has 4 nitrogen and oxygen atoms in total. The van der Waals surface area contributed by atoms with Gasteiger partial charge in [-0.25, -0.2) is 0 Å². The number of esters is 1. The molecule has 0 saturated heterocycles. The van der Waals surface area contributed by atoms with E-state index < -0.39 is 10.8 Å². The lowest BCUT2D eigenvalue weighted by Gasteiger charge is -2.51. The Hall–Kier alpha value is -3.89. The van der Waals surface area contributed by atoms with Crippen molar-refractivity contribution < 1.29 is 19.0 Å². The molecule has 0 N–H and O–H groups in total. The summed E-state index contributed by atoms with van der Waals surface area (Å²) in [6.45, 7) is 5.77. The molecule has 0 heterocycles. The van der Waals surface area contributed by atoms with Gasteiger partial charge in [-0.15, -0.1) is 0 Å². The minimum absolute atomic E-state index is 0.0797. The van der Waals surface area contributed by atoms with Crippen LogP contribution in [0.2, 0.25) is 0 Å². The number of hydrogen-bond acceptors (Lipinski definition) is 4. The fourth-order valence-corrected chi connectivity index (χ4v) is 6.24. The Morgan fingerprint density at radius 3 is 1.97 bits per heavy atom. The highest BCUT2D eigenvalue weighted by Gasteiger charge is 2.54. The summed E-state index contributed by atoms with van der Waals surface area (Å²) in [6, 6.07) is 31.8. The summed E-state index contributed by atoms with van der Waals surface area (Å²) in [5.74, 6) is 1.01. The molecule has 38 heavy (non-hydrogen) atoms. The Balaban J connectivity index is 1.70. The molecule has 0 aliphatic heterocycles. The summed E-state index contributed by atoms with van der Waals surface area (Å²) >= 11 is 0. The molecule has 0 fully saturated rings.